The number of aromatic nitrogens is 5. The highest BCUT2D eigenvalue weighted by Gasteiger charge is 2.39. The molecule has 2 saturated heterocycles. The number of amides is 2. The summed E-state index contributed by atoms with van der Waals surface area (Å²) < 4.78 is 48.4. The Hall–Kier alpha value is -4.14. The van der Waals surface area contributed by atoms with Crippen molar-refractivity contribution in [2.75, 3.05) is 37.6 Å². The quantitative estimate of drug-likeness (QED) is 0.291. The number of thiazole rings is 1. The normalized spacial score (nSPS) is 18.4. The summed E-state index contributed by atoms with van der Waals surface area (Å²) in [4.78, 5) is 42.7. The lowest BCUT2D eigenvalue weighted by atomic mass is 9.92. The van der Waals surface area contributed by atoms with Crippen molar-refractivity contribution < 1.29 is 27.5 Å². The zero-order chi connectivity index (χ0) is 32.8. The van der Waals surface area contributed by atoms with Crippen molar-refractivity contribution in [3.8, 4) is 11.5 Å². The van der Waals surface area contributed by atoms with Gasteiger partial charge in [-0.3, -0.25) is 9.48 Å². The number of nitrogens with zero attached hydrogens (tertiary/aromatic N) is 7. The van der Waals surface area contributed by atoms with E-state index in [4.69, 9.17) is 4.74 Å². The summed E-state index contributed by atoms with van der Waals surface area (Å²) >= 11 is 0.596. The van der Waals surface area contributed by atoms with Crippen molar-refractivity contribution in [2.45, 2.75) is 70.8 Å². The van der Waals surface area contributed by atoms with Gasteiger partial charge in [0.1, 0.15) is 22.8 Å². The highest BCUT2D eigenvalue weighted by molar-refractivity contribution is 7.16. The smallest absolute Gasteiger partial charge is 0.443 e. The van der Waals surface area contributed by atoms with E-state index in [0.717, 1.165) is 18.4 Å². The summed E-state index contributed by atoms with van der Waals surface area (Å²) in [5.41, 5.74) is 1.99. The summed E-state index contributed by atoms with van der Waals surface area (Å²) in [7, 11) is 0. The zero-order valence-corrected chi connectivity index (χ0v) is 27.0. The number of nitrogens with one attached hydrogen (secondary N) is 1. The predicted octanol–water partition coefficient (Wildman–Crippen LogP) is 5.75. The van der Waals surface area contributed by atoms with E-state index in [-0.39, 0.29) is 42.0 Å². The molecule has 2 amide bonds. The third-order valence-corrected chi connectivity index (χ3v) is 9.43. The molecule has 15 heteroatoms. The van der Waals surface area contributed by atoms with Crippen LogP contribution in [0, 0.1) is 0 Å². The molecule has 0 spiro atoms. The number of imidazole rings is 1. The number of hydrogen-bond acceptors (Lipinski definition) is 8. The van der Waals surface area contributed by atoms with E-state index in [1.54, 1.807) is 26.7 Å². The second-order valence-corrected chi connectivity index (χ2v) is 13.8. The molecule has 6 rings (SSSR count). The first-order chi connectivity index (χ1) is 21.7. The zero-order valence-electron chi connectivity index (χ0n) is 26.2. The van der Waals surface area contributed by atoms with Crippen molar-refractivity contribution in [2.24, 2.45) is 0 Å². The SMILES string of the molecule is C[C@@H]1CN(c2sc(C(F)(F)F)nc2-c2nc3ccccc3[nH]2)CCN1C(=O)Cn1cc(C2CCN(C(=O)OC(C)(C)C)CC2)cn1. The third-order valence-electron chi connectivity index (χ3n) is 8.27. The van der Waals surface area contributed by atoms with Crippen LogP contribution < -0.4 is 4.90 Å². The molecule has 5 heterocycles. The van der Waals surface area contributed by atoms with Crippen LogP contribution in [-0.2, 0) is 22.3 Å². The molecule has 1 atom stereocenters. The molecule has 3 aromatic heterocycles. The number of ether oxygens (including phenoxy) is 1. The average molecular weight is 659 g/mol. The first-order valence-electron chi connectivity index (χ1n) is 15.3. The number of H-pyrrole nitrogens is 1. The molecule has 246 valence electrons. The van der Waals surface area contributed by atoms with Crippen LogP contribution in [0.5, 0.6) is 0 Å². The molecule has 2 fully saturated rings. The predicted molar refractivity (Wildman–Crippen MR) is 168 cm³/mol. The second-order valence-electron chi connectivity index (χ2n) is 12.9. The van der Waals surface area contributed by atoms with Crippen LogP contribution in [0.4, 0.5) is 23.0 Å². The monoisotopic (exact) mass is 658 g/mol. The Bertz CT molecular complexity index is 1680. The summed E-state index contributed by atoms with van der Waals surface area (Å²) in [6, 6.07) is 6.99. The van der Waals surface area contributed by atoms with Crippen LogP contribution in [0.2, 0.25) is 0 Å². The largest absolute Gasteiger partial charge is 0.444 e. The van der Waals surface area contributed by atoms with Crippen LogP contribution in [0.1, 0.15) is 57.0 Å². The van der Waals surface area contributed by atoms with Crippen molar-refractivity contribution >= 4 is 39.4 Å². The molecule has 2 aliphatic heterocycles. The van der Waals surface area contributed by atoms with Crippen molar-refractivity contribution in [3.63, 3.8) is 0 Å². The minimum absolute atomic E-state index is 0.0596. The lowest BCUT2D eigenvalue weighted by molar-refractivity contribution is -0.137. The summed E-state index contributed by atoms with van der Waals surface area (Å²) in [5.74, 6) is 0.394. The number of alkyl halides is 3. The molecule has 46 heavy (non-hydrogen) atoms. The van der Waals surface area contributed by atoms with Gasteiger partial charge in [-0.25, -0.2) is 14.8 Å². The maximum Gasteiger partial charge on any atom is 0.443 e. The number of piperazine rings is 1. The molecular weight excluding hydrogens is 621 g/mol. The number of carbonyl (C=O) groups excluding carboxylic acids is 2. The first-order valence-corrected chi connectivity index (χ1v) is 16.1. The van der Waals surface area contributed by atoms with Gasteiger partial charge in [0.05, 0.1) is 17.2 Å². The average Bonchev–Trinajstić information content (AvgIpc) is 3.74. The molecule has 0 radical (unpaired) electrons. The van der Waals surface area contributed by atoms with Gasteiger partial charge in [-0.05, 0) is 64.2 Å². The third kappa shape index (κ3) is 6.83. The molecule has 0 saturated carbocycles. The van der Waals surface area contributed by atoms with Gasteiger partial charge in [0.2, 0.25) is 10.9 Å². The van der Waals surface area contributed by atoms with Crippen molar-refractivity contribution in [3.05, 3.63) is 47.2 Å². The number of hydrogen-bond donors (Lipinski definition) is 1. The number of carbonyl (C=O) groups is 2. The Morgan fingerprint density at radius 1 is 1.07 bits per heavy atom. The summed E-state index contributed by atoms with van der Waals surface area (Å²) in [6.45, 7) is 9.72. The highest BCUT2D eigenvalue weighted by atomic mass is 32.1. The topological polar surface area (TPSA) is 112 Å². The van der Waals surface area contributed by atoms with Crippen LogP contribution in [0.15, 0.2) is 36.7 Å². The van der Waals surface area contributed by atoms with Gasteiger partial charge in [-0.2, -0.15) is 18.3 Å². The molecule has 1 aromatic carbocycles. The van der Waals surface area contributed by atoms with E-state index in [1.807, 2.05) is 57.0 Å². The Morgan fingerprint density at radius 2 is 1.80 bits per heavy atom. The Morgan fingerprint density at radius 3 is 2.48 bits per heavy atom. The minimum atomic E-state index is -4.59. The van der Waals surface area contributed by atoms with Gasteiger partial charge in [0.15, 0.2) is 5.82 Å². The number of anilines is 1. The van der Waals surface area contributed by atoms with E-state index in [2.05, 4.69) is 20.1 Å². The van der Waals surface area contributed by atoms with Gasteiger partial charge in [-0.15, -0.1) is 0 Å². The summed E-state index contributed by atoms with van der Waals surface area (Å²) in [6.07, 6.45) is 0.337. The fraction of sp³-hybridized carbons (Fsp3) is 0.516. The van der Waals surface area contributed by atoms with Gasteiger partial charge in [0.25, 0.3) is 0 Å². The molecule has 0 aliphatic carbocycles. The Kier molecular flexibility index (Phi) is 8.46. The minimum Gasteiger partial charge on any atom is -0.444 e. The lowest BCUT2D eigenvalue weighted by Crippen LogP contribution is -2.54. The molecule has 4 aromatic rings. The number of aromatic amines is 1. The lowest BCUT2D eigenvalue weighted by Gasteiger charge is -2.40. The number of likely N-dealkylation sites (tertiary alicyclic amines) is 1. The molecule has 0 unspecified atom stereocenters. The van der Waals surface area contributed by atoms with E-state index >= 15 is 0 Å². The van der Waals surface area contributed by atoms with Crippen molar-refractivity contribution in [1.82, 2.24) is 34.5 Å². The molecule has 1 N–H and O–H groups in total. The van der Waals surface area contributed by atoms with Crippen LogP contribution in [0.25, 0.3) is 22.6 Å². The maximum absolute atomic E-state index is 13.8. The molecular formula is C31H37F3N8O3S. The second kappa shape index (κ2) is 12.2. The Labute approximate surface area is 268 Å². The summed E-state index contributed by atoms with van der Waals surface area (Å²) in [5, 5.41) is 3.87. The van der Waals surface area contributed by atoms with Gasteiger partial charge >= 0.3 is 12.3 Å². The highest BCUT2D eigenvalue weighted by Crippen LogP contribution is 2.43. The fourth-order valence-electron chi connectivity index (χ4n) is 6.01. The standard InChI is InChI=1S/C31H37F3N8O3S/c1-19-16-40(27-25(38-28(46-27)31(32,33)34)26-36-22-7-5-6-8-23(22)37-26)13-14-42(19)24(43)18-41-17-21(15-35-41)20-9-11-39(12-10-20)29(44)45-30(2,3)4/h5-8,15,17,19-20H,9-14,16,18H2,1-4H3,(H,36,37)/t19-/m1/s1. The maximum atomic E-state index is 13.8. The van der Waals surface area contributed by atoms with E-state index in [9.17, 15) is 22.8 Å². The fourth-order valence-corrected chi connectivity index (χ4v) is 6.98. The Balaban J connectivity index is 1.09. The van der Waals surface area contributed by atoms with E-state index in [0.29, 0.717) is 60.1 Å². The number of benzene rings is 1. The number of halogens is 3. The number of rotatable bonds is 5. The van der Waals surface area contributed by atoms with Gasteiger partial charge in [0, 0.05) is 45.0 Å². The van der Waals surface area contributed by atoms with Crippen LogP contribution >= 0.6 is 11.3 Å². The molecule has 2 aliphatic rings. The van der Waals surface area contributed by atoms with Gasteiger partial charge in [-0.1, -0.05) is 23.5 Å². The van der Waals surface area contributed by atoms with E-state index < -0.39 is 16.8 Å². The van der Waals surface area contributed by atoms with Crippen LogP contribution in [-0.4, -0.2) is 90.9 Å². The molecule has 11 nitrogen and oxygen atoms in total. The molecule has 0 bridgehead atoms. The number of piperidine rings is 1. The van der Waals surface area contributed by atoms with Crippen molar-refractivity contribution in [1.29, 1.82) is 0 Å². The number of para-hydroxylation sites is 2. The van der Waals surface area contributed by atoms with Crippen LogP contribution in [0.3, 0.4) is 0 Å². The number of fused-ring (bicyclic) bond motifs is 1. The van der Waals surface area contributed by atoms with Gasteiger partial charge < -0.3 is 24.4 Å². The van der Waals surface area contributed by atoms with E-state index in [1.165, 1.54) is 0 Å². The first kappa shape index (κ1) is 31.8.